The standard InChI is InChI=1S/C21H18FN3O/c1-13-10-19(23-12-13)25-21-17-5-3-2-4-15(17)11-18(24-21)20(26)14-6-8-16(22)9-7-14/h2-11,20,26H,12H2,1H3,(H,23,24,25). The van der Waals surface area contributed by atoms with Gasteiger partial charge in [-0.3, -0.25) is 4.99 Å². The molecule has 0 radical (unpaired) electrons. The summed E-state index contributed by atoms with van der Waals surface area (Å²) >= 11 is 0. The van der Waals surface area contributed by atoms with Gasteiger partial charge in [-0.25, -0.2) is 9.37 Å². The molecule has 2 heterocycles. The molecule has 2 aromatic carbocycles. The summed E-state index contributed by atoms with van der Waals surface area (Å²) in [6.07, 6.45) is 1.04. The molecule has 1 aliphatic heterocycles. The van der Waals surface area contributed by atoms with Gasteiger partial charge in [0.1, 0.15) is 23.6 Å². The van der Waals surface area contributed by atoms with Gasteiger partial charge in [-0.05, 0) is 47.7 Å². The summed E-state index contributed by atoms with van der Waals surface area (Å²) < 4.78 is 13.2. The lowest BCUT2D eigenvalue weighted by atomic mass is 10.0. The minimum atomic E-state index is -0.941. The zero-order valence-electron chi connectivity index (χ0n) is 14.3. The smallest absolute Gasteiger partial charge is 0.139 e. The summed E-state index contributed by atoms with van der Waals surface area (Å²) in [7, 11) is 0. The Hall–Kier alpha value is -3.05. The number of nitrogens with one attached hydrogen (secondary N) is 1. The number of benzene rings is 2. The Morgan fingerprint density at radius 2 is 1.88 bits per heavy atom. The van der Waals surface area contributed by atoms with E-state index in [-0.39, 0.29) is 5.82 Å². The van der Waals surface area contributed by atoms with Crippen LogP contribution in [0.1, 0.15) is 24.3 Å². The summed E-state index contributed by atoms with van der Waals surface area (Å²) in [6, 6.07) is 15.5. The third-order valence-electron chi connectivity index (χ3n) is 4.35. The molecular formula is C21H18FN3O. The molecule has 0 amide bonds. The molecule has 0 spiro atoms. The van der Waals surface area contributed by atoms with Crippen LogP contribution >= 0.6 is 0 Å². The first-order chi connectivity index (χ1) is 12.6. The van der Waals surface area contributed by atoms with Crippen molar-refractivity contribution in [2.45, 2.75) is 13.0 Å². The monoisotopic (exact) mass is 347 g/mol. The number of aliphatic hydroxyl groups excluding tert-OH is 1. The fourth-order valence-corrected chi connectivity index (χ4v) is 3.00. The minimum absolute atomic E-state index is 0.337. The van der Waals surface area contributed by atoms with E-state index in [1.165, 1.54) is 17.7 Å². The number of rotatable bonds is 3. The third kappa shape index (κ3) is 3.21. The molecular weight excluding hydrogens is 329 g/mol. The number of amidine groups is 1. The molecule has 3 aromatic rings. The van der Waals surface area contributed by atoms with Crippen molar-refractivity contribution in [1.82, 2.24) is 4.98 Å². The fourth-order valence-electron chi connectivity index (χ4n) is 3.00. The number of pyridine rings is 1. The van der Waals surface area contributed by atoms with Crippen LogP contribution in [0.5, 0.6) is 0 Å². The number of fused-ring (bicyclic) bond motifs is 1. The van der Waals surface area contributed by atoms with E-state index in [0.29, 0.717) is 23.6 Å². The van der Waals surface area contributed by atoms with E-state index >= 15 is 0 Å². The second kappa shape index (κ2) is 6.69. The quantitative estimate of drug-likeness (QED) is 0.746. The topological polar surface area (TPSA) is 57.5 Å². The molecule has 1 atom stereocenters. The highest BCUT2D eigenvalue weighted by Crippen LogP contribution is 2.28. The number of nitrogens with zero attached hydrogens (tertiary/aromatic N) is 2. The van der Waals surface area contributed by atoms with E-state index < -0.39 is 6.10 Å². The van der Waals surface area contributed by atoms with Crippen molar-refractivity contribution in [2.24, 2.45) is 4.99 Å². The predicted octanol–water partition coefficient (Wildman–Crippen LogP) is 4.23. The Kier molecular flexibility index (Phi) is 4.22. The van der Waals surface area contributed by atoms with E-state index in [4.69, 9.17) is 0 Å². The Morgan fingerprint density at radius 1 is 1.12 bits per heavy atom. The molecule has 0 saturated carbocycles. The van der Waals surface area contributed by atoms with Gasteiger partial charge in [-0.2, -0.15) is 0 Å². The Balaban J connectivity index is 1.77. The molecule has 1 aliphatic rings. The average Bonchev–Trinajstić information content (AvgIpc) is 3.06. The molecule has 0 aliphatic carbocycles. The van der Waals surface area contributed by atoms with Gasteiger partial charge in [0.2, 0.25) is 0 Å². The van der Waals surface area contributed by atoms with E-state index in [0.717, 1.165) is 16.6 Å². The van der Waals surface area contributed by atoms with Gasteiger partial charge < -0.3 is 10.4 Å². The highest BCUT2D eigenvalue weighted by atomic mass is 19.1. The molecule has 0 bridgehead atoms. The zero-order valence-corrected chi connectivity index (χ0v) is 14.3. The SMILES string of the molecule is CC1=CC(Nc2nc(C(O)c3ccc(F)cc3)cc3ccccc23)=NC1. The van der Waals surface area contributed by atoms with Crippen LogP contribution in [0, 0.1) is 5.82 Å². The van der Waals surface area contributed by atoms with Gasteiger partial charge >= 0.3 is 0 Å². The maximum atomic E-state index is 13.2. The fraction of sp³-hybridized carbons (Fsp3) is 0.143. The van der Waals surface area contributed by atoms with Crippen molar-refractivity contribution in [2.75, 3.05) is 11.9 Å². The third-order valence-corrected chi connectivity index (χ3v) is 4.35. The highest BCUT2D eigenvalue weighted by Gasteiger charge is 2.16. The summed E-state index contributed by atoms with van der Waals surface area (Å²) in [4.78, 5) is 9.05. The van der Waals surface area contributed by atoms with Crippen molar-refractivity contribution >= 4 is 22.4 Å². The Bertz CT molecular complexity index is 1030. The molecule has 4 nitrogen and oxygen atoms in total. The summed E-state index contributed by atoms with van der Waals surface area (Å²) in [5.74, 6) is 1.06. The second-order valence-corrected chi connectivity index (χ2v) is 6.39. The lowest BCUT2D eigenvalue weighted by molar-refractivity contribution is 0.215. The first kappa shape index (κ1) is 16.4. The molecule has 26 heavy (non-hydrogen) atoms. The van der Waals surface area contributed by atoms with Crippen molar-refractivity contribution in [3.05, 3.63) is 83.3 Å². The van der Waals surface area contributed by atoms with E-state index in [1.807, 2.05) is 43.3 Å². The van der Waals surface area contributed by atoms with Gasteiger partial charge in [-0.1, -0.05) is 36.4 Å². The van der Waals surface area contributed by atoms with Crippen LogP contribution in [0.3, 0.4) is 0 Å². The maximum absolute atomic E-state index is 13.2. The predicted molar refractivity (Wildman–Crippen MR) is 102 cm³/mol. The number of anilines is 1. The van der Waals surface area contributed by atoms with Crippen LogP contribution in [0.4, 0.5) is 10.2 Å². The van der Waals surface area contributed by atoms with Crippen LogP contribution in [0.2, 0.25) is 0 Å². The lowest BCUT2D eigenvalue weighted by Gasteiger charge is -2.15. The van der Waals surface area contributed by atoms with Crippen LogP contribution in [-0.4, -0.2) is 22.5 Å². The summed E-state index contributed by atoms with van der Waals surface area (Å²) in [5, 5.41) is 15.9. The number of aliphatic imine (C=N–C) groups is 1. The summed E-state index contributed by atoms with van der Waals surface area (Å²) in [5.41, 5.74) is 2.27. The Morgan fingerprint density at radius 3 is 2.62 bits per heavy atom. The van der Waals surface area contributed by atoms with E-state index in [2.05, 4.69) is 15.3 Å². The van der Waals surface area contributed by atoms with E-state index in [1.54, 1.807) is 12.1 Å². The van der Waals surface area contributed by atoms with Crippen molar-refractivity contribution in [1.29, 1.82) is 0 Å². The number of aromatic nitrogens is 1. The number of hydrogen-bond acceptors (Lipinski definition) is 4. The second-order valence-electron chi connectivity index (χ2n) is 6.39. The average molecular weight is 347 g/mol. The molecule has 4 rings (SSSR count). The normalized spacial score (nSPS) is 14.9. The van der Waals surface area contributed by atoms with Gasteiger partial charge in [0, 0.05) is 5.39 Å². The first-order valence-electron chi connectivity index (χ1n) is 8.42. The Labute approximate surface area is 150 Å². The van der Waals surface area contributed by atoms with Gasteiger partial charge in [0.05, 0.1) is 12.2 Å². The van der Waals surface area contributed by atoms with Gasteiger partial charge in [0.15, 0.2) is 0 Å². The summed E-state index contributed by atoms with van der Waals surface area (Å²) in [6.45, 7) is 2.70. The molecule has 0 fully saturated rings. The van der Waals surface area contributed by atoms with Crippen LogP contribution in [-0.2, 0) is 0 Å². The zero-order chi connectivity index (χ0) is 18.1. The van der Waals surface area contributed by atoms with Crippen molar-refractivity contribution < 1.29 is 9.50 Å². The van der Waals surface area contributed by atoms with Crippen LogP contribution in [0.25, 0.3) is 10.8 Å². The largest absolute Gasteiger partial charge is 0.382 e. The van der Waals surface area contributed by atoms with Gasteiger partial charge in [0.25, 0.3) is 0 Å². The lowest BCUT2D eigenvalue weighted by Crippen LogP contribution is -2.11. The highest BCUT2D eigenvalue weighted by molar-refractivity contribution is 6.09. The minimum Gasteiger partial charge on any atom is -0.382 e. The van der Waals surface area contributed by atoms with Crippen LogP contribution in [0.15, 0.2) is 71.2 Å². The van der Waals surface area contributed by atoms with Gasteiger partial charge in [-0.15, -0.1) is 0 Å². The molecule has 1 unspecified atom stereocenters. The molecule has 1 aromatic heterocycles. The van der Waals surface area contributed by atoms with Crippen LogP contribution < -0.4 is 5.32 Å². The molecule has 2 N–H and O–H groups in total. The molecule has 0 saturated heterocycles. The first-order valence-corrected chi connectivity index (χ1v) is 8.42. The van der Waals surface area contributed by atoms with Crippen molar-refractivity contribution in [3.63, 3.8) is 0 Å². The number of halogens is 1. The maximum Gasteiger partial charge on any atom is 0.139 e. The molecule has 130 valence electrons. The number of hydrogen-bond donors (Lipinski definition) is 2. The molecule has 5 heteroatoms. The van der Waals surface area contributed by atoms with Crippen molar-refractivity contribution in [3.8, 4) is 0 Å². The van der Waals surface area contributed by atoms with E-state index in [9.17, 15) is 9.50 Å². The number of aliphatic hydroxyl groups is 1.